The summed E-state index contributed by atoms with van der Waals surface area (Å²) in [5.41, 5.74) is 1.06. The number of piperazine rings is 1. The molecule has 4 rings (SSSR count). The van der Waals surface area contributed by atoms with Gasteiger partial charge in [0, 0.05) is 56.4 Å². The Morgan fingerprint density at radius 1 is 1.26 bits per heavy atom. The van der Waals surface area contributed by atoms with Gasteiger partial charge in [0.05, 0.1) is 5.92 Å². The summed E-state index contributed by atoms with van der Waals surface area (Å²) in [4.78, 5) is 35.1. The molecule has 0 radical (unpaired) electrons. The smallest absolute Gasteiger partial charge is 0.228 e. The van der Waals surface area contributed by atoms with Crippen LogP contribution >= 0.6 is 11.3 Å². The molecule has 0 spiro atoms. The molecular weight excluding hydrogens is 367 g/mol. The summed E-state index contributed by atoms with van der Waals surface area (Å²) in [7, 11) is 0. The molecule has 0 saturated carbocycles. The number of carbonyl (C=O) groups is 2. The molecule has 0 unspecified atom stereocenters. The molecule has 8 heteroatoms. The number of anilines is 2. The number of halogens is 1. The van der Waals surface area contributed by atoms with Gasteiger partial charge in [0.2, 0.25) is 11.8 Å². The lowest BCUT2D eigenvalue weighted by molar-refractivity contribution is -0.136. The van der Waals surface area contributed by atoms with Crippen molar-refractivity contribution in [1.82, 2.24) is 9.88 Å². The molecule has 2 aliphatic rings. The molecular formula is C19H21FN4O2S. The van der Waals surface area contributed by atoms with Crippen LogP contribution in [0, 0.1) is 18.7 Å². The molecule has 1 aromatic carbocycles. The highest BCUT2D eigenvalue weighted by atomic mass is 32.1. The van der Waals surface area contributed by atoms with E-state index in [9.17, 15) is 14.0 Å². The average molecular weight is 388 g/mol. The van der Waals surface area contributed by atoms with Gasteiger partial charge in [-0.05, 0) is 24.6 Å². The third-order valence-corrected chi connectivity index (χ3v) is 6.05. The number of amides is 2. The van der Waals surface area contributed by atoms with E-state index < -0.39 is 0 Å². The predicted molar refractivity (Wildman–Crippen MR) is 103 cm³/mol. The Hall–Kier alpha value is -2.48. The number of aromatic nitrogens is 1. The highest BCUT2D eigenvalue weighted by Crippen LogP contribution is 2.28. The van der Waals surface area contributed by atoms with E-state index in [1.807, 2.05) is 10.3 Å². The molecule has 1 aromatic heterocycles. The van der Waals surface area contributed by atoms with Gasteiger partial charge in [0.25, 0.3) is 0 Å². The van der Waals surface area contributed by atoms with Crippen molar-refractivity contribution in [3.05, 3.63) is 41.2 Å². The zero-order valence-electron chi connectivity index (χ0n) is 15.1. The summed E-state index contributed by atoms with van der Waals surface area (Å²) in [5, 5.41) is 2.92. The summed E-state index contributed by atoms with van der Waals surface area (Å²) in [5.74, 6) is -0.822. The van der Waals surface area contributed by atoms with Crippen molar-refractivity contribution in [2.24, 2.45) is 5.92 Å². The van der Waals surface area contributed by atoms with Crippen LogP contribution in [0.1, 0.15) is 12.0 Å². The molecule has 2 aliphatic heterocycles. The number of hydrogen-bond donors (Lipinski definition) is 0. The number of aryl methyl sites for hydroxylation is 1. The second-order valence-corrected chi connectivity index (χ2v) is 7.84. The lowest BCUT2D eigenvalue weighted by Gasteiger charge is -2.35. The Morgan fingerprint density at radius 3 is 2.70 bits per heavy atom. The Kier molecular flexibility index (Phi) is 4.82. The second kappa shape index (κ2) is 7.26. The molecule has 2 saturated heterocycles. The van der Waals surface area contributed by atoms with Crippen LogP contribution in [-0.2, 0) is 9.59 Å². The molecule has 1 atom stereocenters. The van der Waals surface area contributed by atoms with E-state index in [4.69, 9.17) is 0 Å². The monoisotopic (exact) mass is 388 g/mol. The van der Waals surface area contributed by atoms with Gasteiger partial charge in [-0.25, -0.2) is 9.37 Å². The minimum atomic E-state index is -0.367. The molecule has 2 fully saturated rings. The Morgan fingerprint density at radius 2 is 2.04 bits per heavy atom. The van der Waals surface area contributed by atoms with Crippen molar-refractivity contribution in [2.75, 3.05) is 42.5 Å². The molecule has 0 aliphatic carbocycles. The Bertz CT molecular complexity index is 849. The number of carbonyl (C=O) groups excluding carboxylic acids is 2. The summed E-state index contributed by atoms with van der Waals surface area (Å²) < 4.78 is 13.8. The first kappa shape index (κ1) is 17.9. The van der Waals surface area contributed by atoms with E-state index in [1.54, 1.807) is 36.6 Å². The van der Waals surface area contributed by atoms with Crippen LogP contribution in [0.15, 0.2) is 29.8 Å². The van der Waals surface area contributed by atoms with Crippen LogP contribution in [-0.4, -0.2) is 54.4 Å². The molecule has 27 heavy (non-hydrogen) atoms. The lowest BCUT2D eigenvalue weighted by Crippen LogP contribution is -2.50. The van der Waals surface area contributed by atoms with E-state index in [2.05, 4.69) is 9.88 Å². The summed E-state index contributed by atoms with van der Waals surface area (Å²) in [6.45, 7) is 4.74. The normalized spacial score (nSPS) is 20.4. The van der Waals surface area contributed by atoms with E-state index in [-0.39, 0.29) is 30.0 Å². The fourth-order valence-electron chi connectivity index (χ4n) is 3.62. The molecule has 6 nitrogen and oxygen atoms in total. The topological polar surface area (TPSA) is 56.8 Å². The number of nitrogens with zero attached hydrogens (tertiary/aromatic N) is 4. The van der Waals surface area contributed by atoms with Crippen LogP contribution in [0.4, 0.5) is 15.2 Å². The maximum absolute atomic E-state index is 13.8. The van der Waals surface area contributed by atoms with Gasteiger partial charge in [-0.2, -0.15) is 0 Å². The van der Waals surface area contributed by atoms with Gasteiger partial charge >= 0.3 is 0 Å². The van der Waals surface area contributed by atoms with Gasteiger partial charge < -0.3 is 14.7 Å². The fraction of sp³-hybridized carbons (Fsp3) is 0.421. The number of hydrogen-bond acceptors (Lipinski definition) is 5. The lowest BCUT2D eigenvalue weighted by atomic mass is 10.1. The van der Waals surface area contributed by atoms with Crippen LogP contribution in [0.3, 0.4) is 0 Å². The maximum Gasteiger partial charge on any atom is 0.228 e. The van der Waals surface area contributed by atoms with Gasteiger partial charge in [0.1, 0.15) is 5.82 Å². The predicted octanol–water partition coefficient (Wildman–Crippen LogP) is 2.29. The highest BCUT2D eigenvalue weighted by Gasteiger charge is 2.38. The van der Waals surface area contributed by atoms with Crippen LogP contribution < -0.4 is 9.80 Å². The van der Waals surface area contributed by atoms with Crippen molar-refractivity contribution < 1.29 is 14.0 Å². The first-order chi connectivity index (χ1) is 13.0. The van der Waals surface area contributed by atoms with Gasteiger partial charge in [0.15, 0.2) is 5.13 Å². The second-order valence-electron chi connectivity index (χ2n) is 6.97. The summed E-state index contributed by atoms with van der Waals surface area (Å²) in [6, 6.07) is 4.76. The molecule has 0 bridgehead atoms. The first-order valence-corrected chi connectivity index (χ1v) is 9.90. The van der Waals surface area contributed by atoms with E-state index in [0.717, 1.165) is 18.2 Å². The number of benzene rings is 1. The zero-order chi connectivity index (χ0) is 19.0. The Labute approximate surface area is 161 Å². The number of thiazole rings is 1. The van der Waals surface area contributed by atoms with E-state index in [0.29, 0.717) is 30.9 Å². The largest absolute Gasteiger partial charge is 0.345 e. The summed E-state index contributed by atoms with van der Waals surface area (Å²) in [6.07, 6.45) is 1.96. The quantitative estimate of drug-likeness (QED) is 0.810. The van der Waals surface area contributed by atoms with Crippen LogP contribution in [0.25, 0.3) is 0 Å². The third kappa shape index (κ3) is 3.53. The zero-order valence-corrected chi connectivity index (χ0v) is 15.9. The average Bonchev–Trinajstić information content (AvgIpc) is 3.34. The van der Waals surface area contributed by atoms with Crippen molar-refractivity contribution in [2.45, 2.75) is 13.3 Å². The molecule has 3 heterocycles. The molecule has 2 amide bonds. The first-order valence-electron chi connectivity index (χ1n) is 9.02. The van der Waals surface area contributed by atoms with Gasteiger partial charge in [-0.15, -0.1) is 11.3 Å². The maximum atomic E-state index is 13.8. The van der Waals surface area contributed by atoms with Crippen molar-refractivity contribution in [1.29, 1.82) is 0 Å². The summed E-state index contributed by atoms with van der Waals surface area (Å²) >= 11 is 1.59. The fourth-order valence-corrected chi connectivity index (χ4v) is 4.32. The standard InChI is InChI=1S/C19H21FN4O2S/c1-13-2-3-15(11-16(13)20)24-12-14(10-17(24)25)18(26)22-5-7-23(8-6-22)19-21-4-9-27-19/h2-4,9,11,14H,5-8,10,12H2,1H3/t14-/m1/s1. The van der Waals surface area contributed by atoms with Gasteiger partial charge in [-0.1, -0.05) is 6.07 Å². The van der Waals surface area contributed by atoms with Crippen molar-refractivity contribution in [3.8, 4) is 0 Å². The van der Waals surface area contributed by atoms with Crippen molar-refractivity contribution in [3.63, 3.8) is 0 Å². The molecule has 0 N–H and O–H groups in total. The third-order valence-electron chi connectivity index (χ3n) is 5.22. The van der Waals surface area contributed by atoms with Gasteiger partial charge in [-0.3, -0.25) is 9.59 Å². The SMILES string of the molecule is Cc1ccc(N2C[C@H](C(=O)N3CCN(c4nccs4)CC3)CC2=O)cc1F. The molecule has 2 aromatic rings. The number of rotatable bonds is 3. The Balaban J connectivity index is 1.39. The minimum Gasteiger partial charge on any atom is -0.345 e. The van der Waals surface area contributed by atoms with E-state index in [1.165, 1.54) is 11.0 Å². The molecule has 142 valence electrons. The van der Waals surface area contributed by atoms with Crippen LogP contribution in [0.2, 0.25) is 0 Å². The van der Waals surface area contributed by atoms with Crippen molar-refractivity contribution >= 4 is 34.0 Å². The van der Waals surface area contributed by atoms with Crippen LogP contribution in [0.5, 0.6) is 0 Å². The highest BCUT2D eigenvalue weighted by molar-refractivity contribution is 7.13. The van der Waals surface area contributed by atoms with E-state index >= 15 is 0 Å². The minimum absolute atomic E-state index is 0.0113.